The minimum absolute atomic E-state index is 0.0321. The van der Waals surface area contributed by atoms with Crippen molar-refractivity contribution < 1.29 is 27.1 Å². The van der Waals surface area contributed by atoms with Gasteiger partial charge in [0.15, 0.2) is 17.9 Å². The van der Waals surface area contributed by atoms with Crippen LogP contribution < -0.4 is 21.5 Å². The summed E-state index contributed by atoms with van der Waals surface area (Å²) >= 11 is 6.47. The molecule has 4 heterocycles. The predicted octanol–water partition coefficient (Wildman–Crippen LogP) is 3.38. The zero-order valence-electron chi connectivity index (χ0n) is 22.3. The molecule has 0 spiro atoms. The van der Waals surface area contributed by atoms with Gasteiger partial charge in [0, 0.05) is 30.4 Å². The van der Waals surface area contributed by atoms with Gasteiger partial charge in [-0.25, -0.2) is 18.5 Å². The molecule has 2 aliphatic heterocycles. The van der Waals surface area contributed by atoms with Crippen LogP contribution in [0.5, 0.6) is 0 Å². The molecule has 0 saturated heterocycles. The number of carbonyl (C=O) groups excluding carboxylic acids is 1. The zero-order chi connectivity index (χ0) is 30.5. The Morgan fingerprint density at radius 2 is 1.74 bits per heavy atom. The van der Waals surface area contributed by atoms with E-state index >= 15 is 0 Å². The summed E-state index contributed by atoms with van der Waals surface area (Å²) in [5.74, 6) is -2.77. The van der Waals surface area contributed by atoms with Crippen LogP contribution in [0.2, 0.25) is 5.02 Å². The molecule has 0 amide bonds. The number of esters is 1. The number of halogens is 5. The molecular formula is C28H23ClF4N6O4. The Morgan fingerprint density at radius 1 is 1.00 bits per heavy atom. The van der Waals surface area contributed by atoms with E-state index in [4.69, 9.17) is 11.6 Å². The van der Waals surface area contributed by atoms with Gasteiger partial charge in [-0.05, 0) is 41.3 Å². The van der Waals surface area contributed by atoms with Crippen molar-refractivity contribution in [3.05, 3.63) is 103 Å². The van der Waals surface area contributed by atoms with Crippen LogP contribution in [-0.4, -0.2) is 50.5 Å². The van der Waals surface area contributed by atoms with Gasteiger partial charge < -0.3 is 15.0 Å². The molecule has 6 rings (SSSR count). The normalized spacial score (nSPS) is 15.0. The van der Waals surface area contributed by atoms with E-state index in [9.17, 15) is 31.9 Å². The Balaban J connectivity index is 1.59. The van der Waals surface area contributed by atoms with E-state index < -0.39 is 35.9 Å². The third-order valence-electron chi connectivity index (χ3n) is 7.43. The van der Waals surface area contributed by atoms with E-state index in [0.717, 1.165) is 39.0 Å². The van der Waals surface area contributed by atoms with Crippen molar-refractivity contribution >= 4 is 34.7 Å². The summed E-state index contributed by atoms with van der Waals surface area (Å²) in [7, 11) is 0. The number of benzene rings is 2. The third-order valence-corrected chi connectivity index (χ3v) is 7.80. The molecule has 43 heavy (non-hydrogen) atoms. The van der Waals surface area contributed by atoms with Crippen molar-refractivity contribution in [1.82, 2.24) is 24.0 Å². The van der Waals surface area contributed by atoms with Crippen LogP contribution in [-0.2, 0) is 29.4 Å². The molecule has 0 atom stereocenters. The van der Waals surface area contributed by atoms with Crippen molar-refractivity contribution in [1.29, 1.82) is 0 Å². The lowest BCUT2D eigenvalue weighted by Crippen LogP contribution is -2.42. The number of aromatic nitrogens is 4. The quantitative estimate of drug-likeness (QED) is 0.250. The molecule has 2 aromatic carbocycles. The molecule has 10 nitrogen and oxygen atoms in total. The highest BCUT2D eigenvalue weighted by Gasteiger charge is 2.41. The maximum atomic E-state index is 14.1. The number of fused-ring (bicyclic) bond motifs is 1. The lowest BCUT2D eigenvalue weighted by atomic mass is 10.2. The van der Waals surface area contributed by atoms with E-state index in [1.807, 2.05) is 4.90 Å². The van der Waals surface area contributed by atoms with Crippen molar-refractivity contribution in [2.24, 2.45) is 0 Å². The Kier molecular flexibility index (Phi) is 7.34. The monoisotopic (exact) mass is 618 g/mol. The summed E-state index contributed by atoms with van der Waals surface area (Å²) in [6.07, 6.45) is -4.59. The molecule has 0 radical (unpaired) electrons. The molecule has 0 saturated carbocycles. The molecule has 15 heteroatoms. The van der Waals surface area contributed by atoms with Crippen LogP contribution in [0, 0.1) is 5.82 Å². The first-order valence-electron chi connectivity index (χ1n) is 13.2. The molecule has 4 aromatic rings. The Labute approximate surface area is 245 Å². The number of ether oxygens (including phenoxy) is 1. The Bertz CT molecular complexity index is 1890. The standard InChI is InChI=1S/C28H23ClF4N6O4/c29-20-4-2-1-3-18(20)14-37-22-23(35-26(37)36-10-9-17-11-34-12-21(17)36)39(15-43-25(41)28(31,32)33)27(42)38(24(22)40)13-16-5-7-19(30)8-6-16/h1-8,34H,9-15H2. The van der Waals surface area contributed by atoms with Crippen molar-refractivity contribution in [3.8, 4) is 0 Å². The van der Waals surface area contributed by atoms with Gasteiger partial charge in [0.1, 0.15) is 5.82 Å². The van der Waals surface area contributed by atoms with Gasteiger partial charge in [-0.3, -0.25) is 13.9 Å². The SMILES string of the molecule is O=C(OCn1c(=O)n(Cc2ccc(F)cc2)c(=O)c2c1nc(N1CCC3=C1CNC3)n2Cc1ccccc1Cl)C(F)(F)F. The molecule has 0 unspecified atom stereocenters. The number of carbonyl (C=O) groups is 1. The summed E-state index contributed by atoms with van der Waals surface area (Å²) in [5, 5.41) is 3.67. The fraction of sp³-hybridized carbons (Fsp3) is 0.286. The molecule has 0 fully saturated rings. The second-order valence-corrected chi connectivity index (χ2v) is 10.5. The lowest BCUT2D eigenvalue weighted by molar-refractivity contribution is -0.203. The number of hydrogen-bond donors (Lipinski definition) is 1. The number of rotatable bonds is 7. The topological polar surface area (TPSA) is 103 Å². The van der Waals surface area contributed by atoms with Crippen LogP contribution in [0.1, 0.15) is 17.5 Å². The van der Waals surface area contributed by atoms with E-state index in [1.54, 1.807) is 28.8 Å². The molecule has 224 valence electrons. The first kappa shape index (κ1) is 28.7. The van der Waals surface area contributed by atoms with Crippen LogP contribution in [0.25, 0.3) is 11.2 Å². The zero-order valence-corrected chi connectivity index (χ0v) is 23.1. The second-order valence-electron chi connectivity index (χ2n) is 10.1. The molecule has 1 N–H and O–H groups in total. The van der Waals surface area contributed by atoms with E-state index in [2.05, 4.69) is 15.0 Å². The number of nitrogens with zero attached hydrogens (tertiary/aromatic N) is 5. The van der Waals surface area contributed by atoms with Gasteiger partial charge in [0.2, 0.25) is 5.95 Å². The number of imidazole rings is 1. The highest BCUT2D eigenvalue weighted by atomic mass is 35.5. The van der Waals surface area contributed by atoms with Crippen molar-refractivity contribution in [2.75, 3.05) is 24.5 Å². The minimum Gasteiger partial charge on any atom is -0.437 e. The number of alkyl halides is 3. The molecule has 0 bridgehead atoms. The fourth-order valence-corrected chi connectivity index (χ4v) is 5.54. The van der Waals surface area contributed by atoms with Crippen LogP contribution in [0.15, 0.2) is 69.4 Å². The van der Waals surface area contributed by atoms with E-state index in [0.29, 0.717) is 35.8 Å². The number of anilines is 1. The second kappa shape index (κ2) is 11.0. The summed E-state index contributed by atoms with van der Waals surface area (Å²) in [6.45, 7) is 0.278. The molecular weight excluding hydrogens is 596 g/mol. The molecule has 0 aliphatic carbocycles. The van der Waals surface area contributed by atoms with Crippen LogP contribution in [0.4, 0.5) is 23.5 Å². The first-order chi connectivity index (χ1) is 20.5. The van der Waals surface area contributed by atoms with Crippen LogP contribution in [0.3, 0.4) is 0 Å². The highest BCUT2D eigenvalue weighted by molar-refractivity contribution is 6.31. The van der Waals surface area contributed by atoms with Crippen molar-refractivity contribution in [2.45, 2.75) is 32.4 Å². The van der Waals surface area contributed by atoms with Gasteiger partial charge in [0.25, 0.3) is 5.56 Å². The van der Waals surface area contributed by atoms with Gasteiger partial charge in [0.05, 0.1) is 13.1 Å². The number of hydrogen-bond acceptors (Lipinski definition) is 7. The summed E-state index contributed by atoms with van der Waals surface area (Å²) in [6, 6.07) is 12.0. The van der Waals surface area contributed by atoms with Crippen molar-refractivity contribution in [3.63, 3.8) is 0 Å². The highest BCUT2D eigenvalue weighted by Crippen LogP contribution is 2.33. The average Bonchev–Trinajstić information content (AvgIpc) is 3.68. The van der Waals surface area contributed by atoms with Gasteiger partial charge in [-0.2, -0.15) is 18.2 Å². The third kappa shape index (κ3) is 5.31. The fourth-order valence-electron chi connectivity index (χ4n) is 5.35. The van der Waals surface area contributed by atoms with E-state index in [1.165, 1.54) is 12.1 Å². The van der Waals surface area contributed by atoms with E-state index in [-0.39, 0.29) is 30.2 Å². The predicted molar refractivity (Wildman–Crippen MR) is 148 cm³/mol. The summed E-state index contributed by atoms with van der Waals surface area (Å²) < 4.78 is 60.1. The molecule has 2 aromatic heterocycles. The average molecular weight is 619 g/mol. The van der Waals surface area contributed by atoms with Gasteiger partial charge in [-0.15, -0.1) is 0 Å². The summed E-state index contributed by atoms with van der Waals surface area (Å²) in [4.78, 5) is 45.8. The van der Waals surface area contributed by atoms with Crippen LogP contribution >= 0.6 is 11.6 Å². The summed E-state index contributed by atoms with van der Waals surface area (Å²) in [5.41, 5.74) is 0.875. The Hall–Kier alpha value is -4.43. The lowest BCUT2D eigenvalue weighted by Gasteiger charge is -2.22. The minimum atomic E-state index is -5.31. The largest absolute Gasteiger partial charge is 0.490 e. The maximum Gasteiger partial charge on any atom is 0.490 e. The number of nitrogens with one attached hydrogen (secondary N) is 1. The maximum absolute atomic E-state index is 14.1. The molecule has 2 aliphatic rings. The smallest absolute Gasteiger partial charge is 0.437 e. The first-order valence-corrected chi connectivity index (χ1v) is 13.6. The van der Waals surface area contributed by atoms with Gasteiger partial charge >= 0.3 is 17.8 Å². The Morgan fingerprint density at radius 3 is 2.47 bits per heavy atom. The van der Waals surface area contributed by atoms with Gasteiger partial charge in [-0.1, -0.05) is 41.9 Å².